The minimum Gasteiger partial charge on any atom is -0.418 e. The minimum atomic E-state index is -2.33. The highest BCUT2D eigenvalue weighted by Crippen LogP contribution is 2.21. The van der Waals surface area contributed by atoms with E-state index in [0.29, 0.717) is 32.2 Å². The van der Waals surface area contributed by atoms with E-state index in [1.165, 1.54) is 11.8 Å². The van der Waals surface area contributed by atoms with Crippen molar-refractivity contribution in [1.29, 1.82) is 0 Å². The van der Waals surface area contributed by atoms with Crippen LogP contribution >= 0.6 is 0 Å². The smallest absolute Gasteiger partial charge is 0.298 e. The molecule has 2 aromatic heterocycles. The van der Waals surface area contributed by atoms with Crippen molar-refractivity contribution >= 4 is 22.8 Å². The zero-order valence-corrected chi connectivity index (χ0v) is 18.2. The van der Waals surface area contributed by atoms with Crippen molar-refractivity contribution in [2.45, 2.75) is 38.7 Å². The monoisotopic (exact) mass is 445 g/mol. The molecule has 1 aromatic carbocycles. The summed E-state index contributed by atoms with van der Waals surface area (Å²) in [6, 6.07) is 8.45. The first-order valence-corrected chi connectivity index (χ1v) is 11.1. The molecule has 2 N–H and O–H groups in total. The first kappa shape index (κ1) is 22.3. The number of alkyl halides is 2. The highest BCUT2D eigenvalue weighted by atomic mass is 19.3. The number of halogens is 2. The Hall–Kier alpha value is -2.94. The maximum Gasteiger partial charge on any atom is 0.298 e. The van der Waals surface area contributed by atoms with Gasteiger partial charge in [0, 0.05) is 49.3 Å². The summed E-state index contributed by atoms with van der Waals surface area (Å²) < 4.78 is 30.8. The maximum atomic E-state index is 12.8. The number of nitrogens with zero attached hydrogens (tertiary/aromatic N) is 3. The Kier molecular flexibility index (Phi) is 7.04. The average molecular weight is 446 g/mol. The second-order valence-corrected chi connectivity index (χ2v) is 8.21. The van der Waals surface area contributed by atoms with Crippen molar-refractivity contribution in [3.63, 3.8) is 0 Å². The predicted molar refractivity (Wildman–Crippen MR) is 119 cm³/mol. The van der Waals surface area contributed by atoms with Crippen LogP contribution < -0.4 is 10.2 Å². The van der Waals surface area contributed by atoms with Gasteiger partial charge in [0.15, 0.2) is 0 Å². The molecule has 1 aliphatic rings. The number of carbonyl (C=O) groups excluding carboxylic acids is 1. The third kappa shape index (κ3) is 5.27. The van der Waals surface area contributed by atoms with Gasteiger partial charge in [0.05, 0.1) is 12.7 Å². The Bertz CT molecular complexity index is 1030. The fraction of sp³-hybridized carbons (Fsp3) is 0.478. The number of para-hydroxylation sites is 1. The Morgan fingerprint density at radius 2 is 2.03 bits per heavy atom. The van der Waals surface area contributed by atoms with Gasteiger partial charge in [-0.2, -0.15) is 0 Å². The van der Waals surface area contributed by atoms with E-state index in [9.17, 15) is 13.6 Å². The molecule has 1 saturated heterocycles. The lowest BCUT2D eigenvalue weighted by atomic mass is 10.0. The molecular weight excluding hydrogens is 416 g/mol. The molecule has 1 unspecified atom stereocenters. The third-order valence-electron chi connectivity index (χ3n) is 5.87. The van der Waals surface area contributed by atoms with Crippen LogP contribution in [-0.2, 0) is 6.42 Å². The summed E-state index contributed by atoms with van der Waals surface area (Å²) in [5.74, 6) is -0.131. The maximum absolute atomic E-state index is 12.8. The number of aromatic nitrogens is 2. The van der Waals surface area contributed by atoms with Crippen LogP contribution in [0.3, 0.4) is 0 Å². The number of aromatic amines is 1. The lowest BCUT2D eigenvalue weighted by Crippen LogP contribution is -2.47. The lowest BCUT2D eigenvalue weighted by molar-refractivity contribution is 0.0844. The van der Waals surface area contributed by atoms with E-state index in [1.807, 2.05) is 29.3 Å². The van der Waals surface area contributed by atoms with Crippen molar-refractivity contribution in [3.8, 4) is 0 Å². The molecule has 1 fully saturated rings. The van der Waals surface area contributed by atoms with E-state index in [4.69, 9.17) is 4.42 Å². The van der Waals surface area contributed by atoms with Crippen LogP contribution in [0.25, 0.3) is 10.9 Å². The predicted octanol–water partition coefficient (Wildman–Crippen LogP) is 3.68. The number of benzene rings is 1. The number of piperazine rings is 1. The Morgan fingerprint density at radius 3 is 2.78 bits per heavy atom. The molecule has 9 heteroatoms. The third-order valence-corrected chi connectivity index (χ3v) is 5.87. The van der Waals surface area contributed by atoms with Crippen LogP contribution in [0.5, 0.6) is 0 Å². The van der Waals surface area contributed by atoms with Crippen molar-refractivity contribution in [2.24, 2.45) is 0 Å². The molecule has 7 nitrogen and oxygen atoms in total. The van der Waals surface area contributed by atoms with Gasteiger partial charge < -0.3 is 19.6 Å². The normalized spacial score (nSPS) is 16.1. The average Bonchev–Trinajstić information content (AvgIpc) is 3.42. The summed E-state index contributed by atoms with van der Waals surface area (Å²) >= 11 is 0. The Balaban J connectivity index is 1.37. The molecule has 0 spiro atoms. The highest BCUT2D eigenvalue weighted by Gasteiger charge is 2.24. The number of hydrogen-bond donors (Lipinski definition) is 2. The second kappa shape index (κ2) is 10.1. The molecule has 0 saturated carbocycles. The van der Waals surface area contributed by atoms with Crippen molar-refractivity contribution in [2.75, 3.05) is 37.6 Å². The van der Waals surface area contributed by atoms with E-state index < -0.39 is 6.43 Å². The highest BCUT2D eigenvalue weighted by molar-refractivity contribution is 5.91. The van der Waals surface area contributed by atoms with Gasteiger partial charge in [-0.05, 0) is 24.5 Å². The molecule has 1 aliphatic heterocycles. The minimum absolute atomic E-state index is 0.0295. The largest absolute Gasteiger partial charge is 0.418 e. The molecule has 0 radical (unpaired) electrons. The fourth-order valence-corrected chi connectivity index (χ4v) is 4.23. The molecule has 3 heterocycles. The summed E-state index contributed by atoms with van der Waals surface area (Å²) in [7, 11) is 0. The first-order valence-electron chi connectivity index (χ1n) is 11.1. The number of amides is 1. The zero-order valence-electron chi connectivity index (χ0n) is 18.2. The second-order valence-electron chi connectivity index (χ2n) is 8.21. The van der Waals surface area contributed by atoms with E-state index in [1.54, 1.807) is 4.90 Å². The summed E-state index contributed by atoms with van der Waals surface area (Å²) in [4.78, 5) is 24.0. The van der Waals surface area contributed by atoms with Crippen molar-refractivity contribution in [3.05, 3.63) is 48.0 Å². The van der Waals surface area contributed by atoms with Gasteiger partial charge in [0.1, 0.15) is 0 Å². The zero-order chi connectivity index (χ0) is 22.5. The van der Waals surface area contributed by atoms with Crippen LogP contribution in [0.15, 0.2) is 41.1 Å². The van der Waals surface area contributed by atoms with Crippen molar-refractivity contribution < 1.29 is 18.0 Å². The number of nitrogens with one attached hydrogen (secondary N) is 2. The first-order chi connectivity index (χ1) is 15.5. The van der Waals surface area contributed by atoms with Gasteiger partial charge in [0.2, 0.25) is 5.76 Å². The molecular formula is C23H29F2N5O2. The van der Waals surface area contributed by atoms with Crippen LogP contribution in [-0.4, -0.2) is 66.0 Å². The molecule has 4 rings (SSSR count). The number of oxazole rings is 1. The van der Waals surface area contributed by atoms with E-state index in [2.05, 4.69) is 28.3 Å². The number of fused-ring (bicyclic) bond motifs is 1. The van der Waals surface area contributed by atoms with Crippen LogP contribution in [0.2, 0.25) is 0 Å². The number of carbonyl (C=O) groups is 1. The van der Waals surface area contributed by atoms with Crippen LogP contribution in [0, 0.1) is 0 Å². The van der Waals surface area contributed by atoms with Crippen LogP contribution in [0.1, 0.15) is 35.9 Å². The molecule has 32 heavy (non-hydrogen) atoms. The molecule has 1 atom stereocenters. The summed E-state index contributed by atoms with van der Waals surface area (Å²) in [5, 5.41) is 4.25. The number of rotatable bonds is 9. The van der Waals surface area contributed by atoms with Gasteiger partial charge in [-0.15, -0.1) is 0 Å². The molecule has 172 valence electrons. The van der Waals surface area contributed by atoms with Gasteiger partial charge in [-0.3, -0.25) is 9.69 Å². The molecule has 0 aliphatic carbocycles. The Labute approximate surface area is 185 Å². The van der Waals surface area contributed by atoms with Crippen LogP contribution in [0.4, 0.5) is 14.8 Å². The number of H-pyrrole nitrogens is 1. The summed E-state index contributed by atoms with van der Waals surface area (Å²) in [6.07, 6.45) is 3.61. The van der Waals surface area contributed by atoms with Gasteiger partial charge in [0.25, 0.3) is 18.3 Å². The quantitative estimate of drug-likeness (QED) is 0.525. The fourth-order valence-electron chi connectivity index (χ4n) is 4.23. The van der Waals surface area contributed by atoms with E-state index >= 15 is 0 Å². The van der Waals surface area contributed by atoms with Gasteiger partial charge in [-0.1, -0.05) is 31.5 Å². The van der Waals surface area contributed by atoms with E-state index in [0.717, 1.165) is 30.2 Å². The molecule has 3 aromatic rings. The number of anilines is 1. The summed E-state index contributed by atoms with van der Waals surface area (Å²) in [6.45, 7) is 3.96. The van der Waals surface area contributed by atoms with E-state index in [-0.39, 0.29) is 24.3 Å². The lowest BCUT2D eigenvalue weighted by Gasteiger charge is -2.33. The summed E-state index contributed by atoms with van der Waals surface area (Å²) in [5.41, 5.74) is 2.25. The van der Waals surface area contributed by atoms with Crippen molar-refractivity contribution in [1.82, 2.24) is 20.2 Å². The molecule has 0 bridgehead atoms. The van der Waals surface area contributed by atoms with Gasteiger partial charge in [-0.25, -0.2) is 13.8 Å². The standard InChI is InChI=1S/C23H29F2N5O2/c1-2-5-17(12-16-13-26-19-7-4-3-6-18(16)19)28-22(31)20-14-27-23(32-20)30-10-8-29(9-11-30)15-21(24)25/h3-4,6-7,13-14,17,21,26H,2,5,8-12,15H2,1H3,(H,28,31). The molecule has 1 amide bonds. The SMILES string of the molecule is CCCC(Cc1c[nH]c2ccccc12)NC(=O)c1cnc(N2CCN(CC(F)F)CC2)o1. The number of hydrogen-bond acceptors (Lipinski definition) is 5. The van der Waals surface area contributed by atoms with Gasteiger partial charge >= 0.3 is 0 Å². The topological polar surface area (TPSA) is 77.4 Å². The Morgan fingerprint density at radius 1 is 1.25 bits per heavy atom.